The molecular formula is C15H24N2O. The third-order valence-corrected chi connectivity index (χ3v) is 3.55. The highest BCUT2D eigenvalue weighted by atomic mass is 16.5. The first-order valence-electron chi connectivity index (χ1n) is 6.93. The minimum absolute atomic E-state index is 0.0775. The topological polar surface area (TPSA) is 38.5 Å². The Hall–Kier alpha value is -1.06. The van der Waals surface area contributed by atoms with Crippen LogP contribution in [0.2, 0.25) is 0 Å². The molecule has 3 nitrogen and oxygen atoms in total. The van der Waals surface area contributed by atoms with E-state index in [2.05, 4.69) is 36.1 Å². The molecule has 1 heterocycles. The molecule has 0 bridgehead atoms. The van der Waals surface area contributed by atoms with E-state index in [1.165, 1.54) is 24.1 Å². The van der Waals surface area contributed by atoms with Crippen molar-refractivity contribution < 1.29 is 4.74 Å². The first kappa shape index (κ1) is 13.4. The maximum Gasteiger partial charge on any atom is 0.0750 e. The van der Waals surface area contributed by atoms with Crippen LogP contribution in [0.15, 0.2) is 24.3 Å². The second-order valence-electron chi connectivity index (χ2n) is 5.01. The average Bonchev–Trinajstić information content (AvgIpc) is 2.39. The van der Waals surface area contributed by atoms with E-state index in [0.717, 1.165) is 19.7 Å². The van der Waals surface area contributed by atoms with Gasteiger partial charge in [0.1, 0.15) is 0 Å². The van der Waals surface area contributed by atoms with Crippen LogP contribution < -0.4 is 10.6 Å². The lowest BCUT2D eigenvalue weighted by atomic mass is 10.0. The van der Waals surface area contributed by atoms with Gasteiger partial charge < -0.3 is 15.4 Å². The SMILES string of the molecule is CCOC1CCCN(c2ccccc2[C@H](C)N)C1. The monoisotopic (exact) mass is 248 g/mol. The first-order chi connectivity index (χ1) is 8.72. The van der Waals surface area contributed by atoms with E-state index in [0.29, 0.717) is 6.10 Å². The number of hydrogen-bond donors (Lipinski definition) is 1. The molecule has 0 radical (unpaired) electrons. The van der Waals surface area contributed by atoms with Crippen molar-refractivity contribution in [2.75, 3.05) is 24.6 Å². The molecule has 1 fully saturated rings. The summed E-state index contributed by atoms with van der Waals surface area (Å²) in [6, 6.07) is 8.53. The molecule has 1 saturated heterocycles. The van der Waals surface area contributed by atoms with Gasteiger partial charge in [-0.05, 0) is 38.3 Å². The lowest BCUT2D eigenvalue weighted by Gasteiger charge is -2.35. The van der Waals surface area contributed by atoms with Crippen LogP contribution in [0.25, 0.3) is 0 Å². The molecule has 1 aromatic rings. The van der Waals surface area contributed by atoms with E-state index < -0.39 is 0 Å². The van der Waals surface area contributed by atoms with Crippen LogP contribution in [0.4, 0.5) is 5.69 Å². The predicted octanol–water partition coefficient (Wildman–Crippen LogP) is 2.71. The molecule has 3 heteroatoms. The molecule has 1 aliphatic heterocycles. The largest absolute Gasteiger partial charge is 0.377 e. The maximum absolute atomic E-state index is 6.06. The summed E-state index contributed by atoms with van der Waals surface area (Å²) in [6.07, 6.45) is 2.73. The van der Waals surface area contributed by atoms with Gasteiger partial charge in [0.05, 0.1) is 6.10 Å². The van der Waals surface area contributed by atoms with Crippen molar-refractivity contribution in [3.63, 3.8) is 0 Å². The van der Waals surface area contributed by atoms with Crippen LogP contribution in [0, 0.1) is 0 Å². The molecule has 0 aliphatic carbocycles. The molecule has 0 saturated carbocycles. The van der Waals surface area contributed by atoms with E-state index >= 15 is 0 Å². The van der Waals surface area contributed by atoms with Gasteiger partial charge in [0, 0.05) is 31.4 Å². The molecule has 18 heavy (non-hydrogen) atoms. The fourth-order valence-electron chi connectivity index (χ4n) is 2.69. The Morgan fingerprint density at radius 3 is 2.94 bits per heavy atom. The van der Waals surface area contributed by atoms with Crippen molar-refractivity contribution in [3.8, 4) is 0 Å². The Balaban J connectivity index is 2.15. The van der Waals surface area contributed by atoms with Crippen LogP contribution in [0.3, 0.4) is 0 Å². The molecule has 2 rings (SSSR count). The second-order valence-corrected chi connectivity index (χ2v) is 5.01. The van der Waals surface area contributed by atoms with Gasteiger partial charge in [-0.3, -0.25) is 0 Å². The number of nitrogens with two attached hydrogens (primary N) is 1. The number of ether oxygens (including phenoxy) is 1. The number of piperidine rings is 1. The van der Waals surface area contributed by atoms with Gasteiger partial charge in [-0.2, -0.15) is 0 Å². The normalized spacial score (nSPS) is 21.9. The van der Waals surface area contributed by atoms with Crippen molar-refractivity contribution in [1.82, 2.24) is 0 Å². The minimum atomic E-state index is 0.0775. The van der Waals surface area contributed by atoms with Crippen LogP contribution in [-0.2, 0) is 4.74 Å². The van der Waals surface area contributed by atoms with Gasteiger partial charge >= 0.3 is 0 Å². The zero-order valence-corrected chi connectivity index (χ0v) is 11.4. The summed E-state index contributed by atoms with van der Waals surface area (Å²) < 4.78 is 5.76. The van der Waals surface area contributed by atoms with Gasteiger partial charge in [0.15, 0.2) is 0 Å². The van der Waals surface area contributed by atoms with Crippen molar-refractivity contribution in [2.24, 2.45) is 5.73 Å². The van der Waals surface area contributed by atoms with Crippen molar-refractivity contribution >= 4 is 5.69 Å². The van der Waals surface area contributed by atoms with Crippen molar-refractivity contribution in [1.29, 1.82) is 0 Å². The van der Waals surface area contributed by atoms with Crippen LogP contribution in [0.5, 0.6) is 0 Å². The van der Waals surface area contributed by atoms with Crippen LogP contribution >= 0.6 is 0 Å². The third kappa shape index (κ3) is 3.03. The predicted molar refractivity (Wildman–Crippen MR) is 75.9 cm³/mol. The Bertz CT molecular complexity index is 377. The molecule has 0 spiro atoms. The Morgan fingerprint density at radius 2 is 2.22 bits per heavy atom. The molecular weight excluding hydrogens is 224 g/mol. The average molecular weight is 248 g/mol. The Morgan fingerprint density at radius 1 is 1.44 bits per heavy atom. The number of benzene rings is 1. The standard InChI is InChI=1S/C15H24N2O/c1-3-18-13-7-6-10-17(11-13)15-9-5-4-8-14(15)12(2)16/h4-5,8-9,12-13H,3,6-7,10-11,16H2,1-2H3/t12-,13?/m0/s1. The fraction of sp³-hybridized carbons (Fsp3) is 0.600. The number of anilines is 1. The Kier molecular flexibility index (Phi) is 4.61. The van der Waals surface area contributed by atoms with E-state index in [4.69, 9.17) is 10.5 Å². The van der Waals surface area contributed by atoms with E-state index in [1.54, 1.807) is 0 Å². The second kappa shape index (κ2) is 6.21. The highest BCUT2D eigenvalue weighted by Gasteiger charge is 2.22. The molecule has 1 aromatic carbocycles. The molecule has 2 atom stereocenters. The van der Waals surface area contributed by atoms with E-state index in [9.17, 15) is 0 Å². The Labute approximate surface area is 110 Å². The van der Waals surface area contributed by atoms with Crippen LogP contribution in [-0.4, -0.2) is 25.8 Å². The summed E-state index contributed by atoms with van der Waals surface area (Å²) >= 11 is 0. The van der Waals surface area contributed by atoms with Crippen molar-refractivity contribution in [3.05, 3.63) is 29.8 Å². The fourth-order valence-corrected chi connectivity index (χ4v) is 2.69. The quantitative estimate of drug-likeness (QED) is 0.890. The molecule has 1 unspecified atom stereocenters. The summed E-state index contributed by atoms with van der Waals surface area (Å²) in [6.45, 7) is 7.00. The highest BCUT2D eigenvalue weighted by molar-refractivity contribution is 5.55. The zero-order chi connectivity index (χ0) is 13.0. The van der Waals surface area contributed by atoms with Gasteiger partial charge in [-0.1, -0.05) is 18.2 Å². The lowest BCUT2D eigenvalue weighted by molar-refractivity contribution is 0.0526. The third-order valence-electron chi connectivity index (χ3n) is 3.55. The van der Waals surface area contributed by atoms with Crippen LogP contribution in [0.1, 0.15) is 38.3 Å². The molecule has 100 valence electrons. The van der Waals surface area contributed by atoms with Gasteiger partial charge in [0.25, 0.3) is 0 Å². The summed E-state index contributed by atoms with van der Waals surface area (Å²) in [5.41, 5.74) is 8.56. The molecule has 0 aromatic heterocycles. The zero-order valence-electron chi connectivity index (χ0n) is 11.4. The molecule has 1 aliphatic rings. The smallest absolute Gasteiger partial charge is 0.0750 e. The summed E-state index contributed by atoms with van der Waals surface area (Å²) in [5.74, 6) is 0. The highest BCUT2D eigenvalue weighted by Crippen LogP contribution is 2.28. The minimum Gasteiger partial charge on any atom is -0.377 e. The van der Waals surface area contributed by atoms with E-state index in [1.807, 2.05) is 6.92 Å². The summed E-state index contributed by atoms with van der Waals surface area (Å²) in [5, 5.41) is 0. The van der Waals surface area contributed by atoms with Gasteiger partial charge in [0.2, 0.25) is 0 Å². The number of nitrogens with zero attached hydrogens (tertiary/aromatic N) is 1. The molecule has 0 amide bonds. The van der Waals surface area contributed by atoms with E-state index in [-0.39, 0.29) is 6.04 Å². The number of hydrogen-bond acceptors (Lipinski definition) is 3. The first-order valence-corrected chi connectivity index (χ1v) is 6.93. The van der Waals surface area contributed by atoms with Gasteiger partial charge in [-0.15, -0.1) is 0 Å². The molecule has 2 N–H and O–H groups in total. The van der Waals surface area contributed by atoms with Crippen molar-refractivity contribution in [2.45, 2.75) is 38.8 Å². The maximum atomic E-state index is 6.06. The number of para-hydroxylation sites is 1. The summed E-state index contributed by atoms with van der Waals surface area (Å²) in [7, 11) is 0. The summed E-state index contributed by atoms with van der Waals surface area (Å²) in [4.78, 5) is 2.42. The lowest BCUT2D eigenvalue weighted by Crippen LogP contribution is -2.40. The van der Waals surface area contributed by atoms with Gasteiger partial charge in [-0.25, -0.2) is 0 Å². The number of rotatable bonds is 4.